The lowest BCUT2D eigenvalue weighted by molar-refractivity contribution is 0.0306. The van der Waals surface area contributed by atoms with Crippen LogP contribution in [0.25, 0.3) is 0 Å². The minimum atomic E-state index is 0. The highest BCUT2D eigenvalue weighted by Gasteiger charge is 2.34. The van der Waals surface area contributed by atoms with Crippen LogP contribution >= 0.6 is 37.2 Å². The first-order valence-electron chi connectivity index (χ1n) is 5.85. The highest BCUT2D eigenvalue weighted by atomic mass is 35.5. The summed E-state index contributed by atoms with van der Waals surface area (Å²) in [6.45, 7) is 9.83. The van der Waals surface area contributed by atoms with Gasteiger partial charge in [0.05, 0.1) is 0 Å². The average Bonchev–Trinajstić information content (AvgIpc) is 2.19. The van der Waals surface area contributed by atoms with Crippen LogP contribution in [0, 0.1) is 0 Å². The van der Waals surface area contributed by atoms with Crippen LogP contribution in [0.2, 0.25) is 0 Å². The number of hydrogen-bond acceptors (Lipinski definition) is 3. The van der Waals surface area contributed by atoms with Crippen molar-refractivity contribution in [2.75, 3.05) is 46.3 Å². The molecule has 0 aromatic rings. The lowest BCUT2D eigenvalue weighted by Gasteiger charge is -2.47. The van der Waals surface area contributed by atoms with E-state index in [1.165, 1.54) is 52.1 Å². The molecular weight excluding hydrogens is 281 g/mol. The van der Waals surface area contributed by atoms with Crippen LogP contribution in [-0.2, 0) is 0 Å². The number of halogens is 3. The quantitative estimate of drug-likeness (QED) is 0.794. The summed E-state index contributed by atoms with van der Waals surface area (Å²) in [5.74, 6) is 0. The van der Waals surface area contributed by atoms with E-state index >= 15 is 0 Å². The highest BCUT2D eigenvalue weighted by molar-refractivity contribution is 5.86. The highest BCUT2D eigenvalue weighted by Crippen LogP contribution is 2.26. The Morgan fingerprint density at radius 2 is 1.35 bits per heavy atom. The van der Waals surface area contributed by atoms with E-state index in [9.17, 15) is 0 Å². The van der Waals surface area contributed by atoms with Gasteiger partial charge in [-0.15, -0.1) is 37.2 Å². The summed E-state index contributed by atoms with van der Waals surface area (Å²) >= 11 is 0. The van der Waals surface area contributed by atoms with Gasteiger partial charge in [0.2, 0.25) is 0 Å². The first-order chi connectivity index (χ1) is 6.71. The van der Waals surface area contributed by atoms with Crippen molar-refractivity contribution in [1.29, 1.82) is 0 Å². The Morgan fingerprint density at radius 1 is 0.882 bits per heavy atom. The van der Waals surface area contributed by atoms with Gasteiger partial charge in [-0.05, 0) is 39.9 Å². The smallest absolute Gasteiger partial charge is 0.0206 e. The normalized spacial score (nSPS) is 25.1. The number of hydrogen-bond donors (Lipinski definition) is 1. The summed E-state index contributed by atoms with van der Waals surface area (Å²) in [7, 11) is 2.22. The molecule has 0 aromatic carbocycles. The zero-order valence-corrected chi connectivity index (χ0v) is 13.2. The fraction of sp³-hybridized carbons (Fsp3) is 1.00. The molecule has 0 aliphatic carbocycles. The number of rotatable bonds is 1. The van der Waals surface area contributed by atoms with E-state index in [1.54, 1.807) is 0 Å². The van der Waals surface area contributed by atoms with E-state index in [1.807, 2.05) is 0 Å². The van der Waals surface area contributed by atoms with Crippen LogP contribution in [0.1, 0.15) is 19.8 Å². The van der Waals surface area contributed by atoms with Gasteiger partial charge in [-0.2, -0.15) is 0 Å². The molecule has 0 atom stereocenters. The summed E-state index contributed by atoms with van der Waals surface area (Å²) in [6.07, 6.45) is 2.63. The summed E-state index contributed by atoms with van der Waals surface area (Å²) in [5, 5.41) is 3.45. The SMILES string of the molecule is CN1CCN(C2(C)CCNCC2)CC1.Cl.Cl.Cl. The number of piperazine rings is 1. The van der Waals surface area contributed by atoms with E-state index < -0.39 is 0 Å². The molecule has 0 unspecified atom stereocenters. The zero-order chi connectivity index (χ0) is 10.0. The van der Waals surface area contributed by atoms with Gasteiger partial charge in [-0.25, -0.2) is 0 Å². The molecule has 0 amide bonds. The summed E-state index contributed by atoms with van der Waals surface area (Å²) < 4.78 is 0. The second-order valence-corrected chi connectivity index (χ2v) is 5.04. The molecular formula is C11H26Cl3N3. The van der Waals surface area contributed by atoms with Crippen LogP contribution in [0.15, 0.2) is 0 Å². The van der Waals surface area contributed by atoms with Gasteiger partial charge in [0.25, 0.3) is 0 Å². The fourth-order valence-corrected chi connectivity index (χ4v) is 2.63. The molecule has 0 bridgehead atoms. The first-order valence-corrected chi connectivity index (χ1v) is 5.85. The monoisotopic (exact) mass is 305 g/mol. The van der Waals surface area contributed by atoms with Crippen LogP contribution in [0.4, 0.5) is 0 Å². The average molecular weight is 307 g/mol. The van der Waals surface area contributed by atoms with E-state index in [-0.39, 0.29) is 37.2 Å². The lowest BCUT2D eigenvalue weighted by atomic mass is 9.88. The third-order valence-corrected chi connectivity index (χ3v) is 3.95. The van der Waals surface area contributed by atoms with E-state index in [2.05, 4.69) is 29.1 Å². The fourth-order valence-electron chi connectivity index (χ4n) is 2.63. The van der Waals surface area contributed by atoms with Crippen LogP contribution in [0.5, 0.6) is 0 Å². The van der Waals surface area contributed by atoms with E-state index in [0.717, 1.165) is 0 Å². The zero-order valence-electron chi connectivity index (χ0n) is 10.8. The van der Waals surface area contributed by atoms with Gasteiger partial charge in [0.1, 0.15) is 0 Å². The summed E-state index contributed by atoms with van der Waals surface area (Å²) in [5.41, 5.74) is 0.479. The van der Waals surface area contributed by atoms with Crippen LogP contribution < -0.4 is 5.32 Å². The lowest BCUT2D eigenvalue weighted by Crippen LogP contribution is -2.58. The summed E-state index contributed by atoms with van der Waals surface area (Å²) in [6, 6.07) is 0. The Hall–Kier alpha value is 0.750. The number of piperidine rings is 1. The molecule has 0 aromatic heterocycles. The third kappa shape index (κ3) is 5.09. The standard InChI is InChI=1S/C11H23N3.3ClH/c1-11(3-5-12-6-4-11)14-9-7-13(2)8-10-14;;;/h12H,3-10H2,1-2H3;3*1H. The Balaban J connectivity index is 0. The van der Waals surface area contributed by atoms with Crippen molar-refractivity contribution in [3.05, 3.63) is 0 Å². The van der Waals surface area contributed by atoms with Crippen molar-refractivity contribution < 1.29 is 0 Å². The molecule has 2 fully saturated rings. The molecule has 106 valence electrons. The molecule has 2 heterocycles. The molecule has 2 saturated heterocycles. The Bertz CT molecular complexity index is 190. The molecule has 2 aliphatic heterocycles. The van der Waals surface area contributed by atoms with Crippen molar-refractivity contribution in [1.82, 2.24) is 15.1 Å². The molecule has 2 rings (SSSR count). The van der Waals surface area contributed by atoms with Gasteiger partial charge in [0.15, 0.2) is 0 Å². The second kappa shape index (κ2) is 8.78. The number of nitrogens with zero attached hydrogens (tertiary/aromatic N) is 2. The molecule has 3 nitrogen and oxygen atoms in total. The largest absolute Gasteiger partial charge is 0.317 e. The molecule has 0 saturated carbocycles. The predicted octanol–water partition coefficient (Wildman–Crippen LogP) is 1.64. The predicted molar refractivity (Wildman–Crippen MR) is 81.3 cm³/mol. The van der Waals surface area contributed by atoms with Crippen molar-refractivity contribution in [2.24, 2.45) is 0 Å². The van der Waals surface area contributed by atoms with Crippen molar-refractivity contribution in [3.8, 4) is 0 Å². The van der Waals surface area contributed by atoms with Gasteiger partial charge in [0, 0.05) is 31.7 Å². The Kier molecular flexibility index (Phi) is 10.4. The van der Waals surface area contributed by atoms with E-state index in [4.69, 9.17) is 0 Å². The minimum Gasteiger partial charge on any atom is -0.317 e. The maximum absolute atomic E-state index is 3.45. The van der Waals surface area contributed by atoms with Crippen LogP contribution in [-0.4, -0.2) is 61.7 Å². The van der Waals surface area contributed by atoms with Crippen molar-refractivity contribution in [3.63, 3.8) is 0 Å². The van der Waals surface area contributed by atoms with Crippen molar-refractivity contribution in [2.45, 2.75) is 25.3 Å². The third-order valence-electron chi connectivity index (χ3n) is 3.95. The molecule has 2 aliphatic rings. The van der Waals surface area contributed by atoms with E-state index in [0.29, 0.717) is 5.54 Å². The minimum absolute atomic E-state index is 0. The molecule has 0 spiro atoms. The maximum atomic E-state index is 3.45. The molecule has 1 N–H and O–H groups in total. The van der Waals surface area contributed by atoms with Gasteiger partial charge >= 0.3 is 0 Å². The molecule has 0 radical (unpaired) electrons. The molecule has 6 heteroatoms. The second-order valence-electron chi connectivity index (χ2n) is 5.04. The maximum Gasteiger partial charge on any atom is 0.0206 e. The molecule has 17 heavy (non-hydrogen) atoms. The number of likely N-dealkylation sites (N-methyl/N-ethyl adjacent to an activating group) is 1. The summed E-state index contributed by atoms with van der Waals surface area (Å²) in [4.78, 5) is 5.13. The van der Waals surface area contributed by atoms with Gasteiger partial charge < -0.3 is 10.2 Å². The van der Waals surface area contributed by atoms with Gasteiger partial charge in [-0.3, -0.25) is 4.90 Å². The van der Waals surface area contributed by atoms with Crippen LogP contribution in [0.3, 0.4) is 0 Å². The topological polar surface area (TPSA) is 18.5 Å². The Morgan fingerprint density at radius 3 is 1.82 bits per heavy atom. The first kappa shape index (κ1) is 20.1. The number of nitrogens with one attached hydrogen (secondary N) is 1. The Labute approximate surface area is 124 Å². The van der Waals surface area contributed by atoms with Gasteiger partial charge in [-0.1, -0.05) is 0 Å². The van der Waals surface area contributed by atoms with Crippen molar-refractivity contribution >= 4 is 37.2 Å².